The van der Waals surface area contributed by atoms with E-state index in [1.165, 1.54) is 0 Å². The first-order valence-electron chi connectivity index (χ1n) is 5.33. The van der Waals surface area contributed by atoms with E-state index in [0.29, 0.717) is 11.3 Å². The summed E-state index contributed by atoms with van der Waals surface area (Å²) < 4.78 is 0.768. The molecule has 0 aliphatic carbocycles. The first-order valence-corrected chi connectivity index (χ1v) is 6.13. The molecule has 0 aliphatic heterocycles. The molecule has 5 nitrogen and oxygen atoms in total. The minimum Gasteiger partial charge on any atom is -0.384 e. The van der Waals surface area contributed by atoms with Gasteiger partial charge in [-0.05, 0) is 30.3 Å². The van der Waals surface area contributed by atoms with Gasteiger partial charge in [-0.25, -0.2) is 4.98 Å². The Morgan fingerprint density at radius 1 is 1.37 bits per heavy atom. The Labute approximate surface area is 118 Å². The van der Waals surface area contributed by atoms with Gasteiger partial charge in [0.25, 0.3) is 5.91 Å². The molecule has 94 valence electrons. The predicted molar refractivity (Wildman–Crippen MR) is 75.5 cm³/mol. The lowest BCUT2D eigenvalue weighted by molar-refractivity contribution is 0.102. The van der Waals surface area contributed by atoms with Crippen LogP contribution in [0.25, 0.3) is 0 Å². The highest BCUT2D eigenvalue weighted by molar-refractivity contribution is 9.10. The van der Waals surface area contributed by atoms with E-state index >= 15 is 0 Å². The van der Waals surface area contributed by atoms with Crippen LogP contribution in [0, 0.1) is 11.3 Å². The first-order chi connectivity index (χ1) is 9.10. The van der Waals surface area contributed by atoms with Gasteiger partial charge in [0.2, 0.25) is 0 Å². The van der Waals surface area contributed by atoms with Crippen LogP contribution in [-0.4, -0.2) is 10.9 Å². The van der Waals surface area contributed by atoms with Crippen LogP contribution in [0.2, 0.25) is 0 Å². The molecule has 1 aromatic carbocycles. The summed E-state index contributed by atoms with van der Waals surface area (Å²) in [4.78, 5) is 15.9. The summed E-state index contributed by atoms with van der Waals surface area (Å²) in [6, 6.07) is 11.8. The zero-order valence-electron chi connectivity index (χ0n) is 9.72. The monoisotopic (exact) mass is 316 g/mol. The topological polar surface area (TPSA) is 91.8 Å². The molecule has 2 aromatic rings. The Balaban J connectivity index is 2.27. The van der Waals surface area contributed by atoms with Crippen molar-refractivity contribution in [2.24, 2.45) is 0 Å². The van der Waals surface area contributed by atoms with Gasteiger partial charge in [0.15, 0.2) is 0 Å². The lowest BCUT2D eigenvalue weighted by Gasteiger charge is -2.07. The van der Waals surface area contributed by atoms with Crippen molar-refractivity contribution in [1.82, 2.24) is 4.98 Å². The molecule has 0 saturated heterocycles. The maximum absolute atomic E-state index is 12.0. The fraction of sp³-hybridized carbons (Fsp3) is 0. The normalized spacial score (nSPS) is 9.68. The van der Waals surface area contributed by atoms with Crippen LogP contribution in [0.1, 0.15) is 16.1 Å². The van der Waals surface area contributed by atoms with Crippen molar-refractivity contribution in [2.45, 2.75) is 0 Å². The Morgan fingerprint density at radius 2 is 2.16 bits per heavy atom. The number of carbonyl (C=O) groups excluding carboxylic acids is 1. The summed E-state index contributed by atoms with van der Waals surface area (Å²) in [5.74, 6) is -0.143. The second kappa shape index (κ2) is 5.50. The highest BCUT2D eigenvalue weighted by atomic mass is 79.9. The molecule has 1 aromatic heterocycles. The Bertz CT molecular complexity index is 679. The number of carbonyl (C=O) groups is 1. The molecule has 1 heterocycles. The summed E-state index contributed by atoms with van der Waals surface area (Å²) in [7, 11) is 0. The number of amides is 1. The SMILES string of the molecule is N#Cc1cc(Br)ccc1NC(=O)c1cccc(N)n1. The molecule has 0 radical (unpaired) electrons. The Hall–Kier alpha value is -2.39. The van der Waals surface area contributed by atoms with Crippen molar-refractivity contribution in [3.05, 3.63) is 52.1 Å². The lowest BCUT2D eigenvalue weighted by atomic mass is 10.2. The van der Waals surface area contributed by atoms with E-state index in [-0.39, 0.29) is 11.5 Å². The number of pyridine rings is 1. The minimum atomic E-state index is -0.411. The van der Waals surface area contributed by atoms with Crippen LogP contribution in [0.5, 0.6) is 0 Å². The third-order valence-corrected chi connectivity index (χ3v) is 2.85. The van der Waals surface area contributed by atoms with Gasteiger partial charge in [0, 0.05) is 4.47 Å². The van der Waals surface area contributed by atoms with Crippen molar-refractivity contribution in [1.29, 1.82) is 5.26 Å². The number of nitrogens with two attached hydrogens (primary N) is 1. The predicted octanol–water partition coefficient (Wildman–Crippen LogP) is 2.55. The second-order valence-corrected chi connectivity index (χ2v) is 4.62. The highest BCUT2D eigenvalue weighted by Gasteiger charge is 2.10. The zero-order valence-corrected chi connectivity index (χ0v) is 11.3. The molecule has 0 atom stereocenters. The van der Waals surface area contributed by atoms with E-state index in [9.17, 15) is 4.79 Å². The van der Waals surface area contributed by atoms with Crippen LogP contribution in [0.15, 0.2) is 40.9 Å². The van der Waals surface area contributed by atoms with E-state index < -0.39 is 5.91 Å². The summed E-state index contributed by atoms with van der Waals surface area (Å²) in [6.45, 7) is 0. The number of hydrogen-bond donors (Lipinski definition) is 2. The summed E-state index contributed by atoms with van der Waals surface area (Å²) in [5.41, 5.74) is 6.51. The molecule has 6 heteroatoms. The van der Waals surface area contributed by atoms with Gasteiger partial charge >= 0.3 is 0 Å². The van der Waals surface area contributed by atoms with Gasteiger partial charge in [0.1, 0.15) is 17.6 Å². The standard InChI is InChI=1S/C13H9BrN4O/c14-9-4-5-10(8(6-9)7-15)18-13(19)11-2-1-3-12(16)17-11/h1-6H,(H2,16,17)(H,18,19). The lowest BCUT2D eigenvalue weighted by Crippen LogP contribution is -2.15. The quantitative estimate of drug-likeness (QED) is 0.890. The number of anilines is 2. The number of nitrogens with one attached hydrogen (secondary N) is 1. The fourth-order valence-electron chi connectivity index (χ4n) is 1.48. The molecule has 0 aliphatic rings. The smallest absolute Gasteiger partial charge is 0.274 e. The molecule has 0 bridgehead atoms. The van der Waals surface area contributed by atoms with Gasteiger partial charge < -0.3 is 11.1 Å². The summed E-state index contributed by atoms with van der Waals surface area (Å²) in [6.07, 6.45) is 0. The van der Waals surface area contributed by atoms with E-state index in [1.54, 1.807) is 36.4 Å². The maximum atomic E-state index is 12.0. The van der Waals surface area contributed by atoms with Gasteiger partial charge in [-0.15, -0.1) is 0 Å². The average Bonchev–Trinajstić information content (AvgIpc) is 2.40. The van der Waals surface area contributed by atoms with Crippen LogP contribution in [-0.2, 0) is 0 Å². The van der Waals surface area contributed by atoms with E-state index in [2.05, 4.69) is 26.2 Å². The number of nitriles is 1. The average molecular weight is 317 g/mol. The van der Waals surface area contributed by atoms with E-state index in [0.717, 1.165) is 4.47 Å². The van der Waals surface area contributed by atoms with Gasteiger partial charge in [-0.2, -0.15) is 5.26 Å². The van der Waals surface area contributed by atoms with Crippen LogP contribution >= 0.6 is 15.9 Å². The Kier molecular flexibility index (Phi) is 3.78. The van der Waals surface area contributed by atoms with Crippen molar-refractivity contribution in [3.63, 3.8) is 0 Å². The molecule has 2 rings (SSSR count). The summed E-state index contributed by atoms with van der Waals surface area (Å²) in [5, 5.41) is 11.6. The molecular formula is C13H9BrN4O. The molecule has 0 fully saturated rings. The maximum Gasteiger partial charge on any atom is 0.274 e. The third-order valence-electron chi connectivity index (χ3n) is 2.35. The number of rotatable bonds is 2. The molecule has 1 amide bonds. The van der Waals surface area contributed by atoms with Crippen molar-refractivity contribution >= 4 is 33.3 Å². The third kappa shape index (κ3) is 3.09. The number of hydrogen-bond acceptors (Lipinski definition) is 4. The Morgan fingerprint density at radius 3 is 2.84 bits per heavy atom. The van der Waals surface area contributed by atoms with E-state index in [4.69, 9.17) is 11.0 Å². The molecule has 0 unspecified atom stereocenters. The van der Waals surface area contributed by atoms with Crippen LogP contribution in [0.4, 0.5) is 11.5 Å². The van der Waals surface area contributed by atoms with Crippen molar-refractivity contribution in [3.8, 4) is 6.07 Å². The molecule has 0 saturated carbocycles. The molecular weight excluding hydrogens is 308 g/mol. The first kappa shape index (κ1) is 13.1. The van der Waals surface area contributed by atoms with E-state index in [1.807, 2.05) is 6.07 Å². The zero-order chi connectivity index (χ0) is 13.8. The number of nitrogens with zero attached hydrogens (tertiary/aromatic N) is 2. The number of nitrogen functional groups attached to an aromatic ring is 1. The number of halogens is 1. The van der Waals surface area contributed by atoms with Crippen molar-refractivity contribution in [2.75, 3.05) is 11.1 Å². The highest BCUT2D eigenvalue weighted by Crippen LogP contribution is 2.20. The fourth-order valence-corrected chi connectivity index (χ4v) is 1.84. The summed E-state index contributed by atoms with van der Waals surface area (Å²) >= 11 is 3.27. The van der Waals surface area contributed by atoms with Crippen LogP contribution < -0.4 is 11.1 Å². The minimum absolute atomic E-state index is 0.201. The van der Waals surface area contributed by atoms with Crippen molar-refractivity contribution < 1.29 is 4.79 Å². The molecule has 0 spiro atoms. The van der Waals surface area contributed by atoms with Gasteiger partial charge in [0.05, 0.1) is 11.3 Å². The molecule has 19 heavy (non-hydrogen) atoms. The number of benzene rings is 1. The van der Waals surface area contributed by atoms with Gasteiger partial charge in [-0.3, -0.25) is 4.79 Å². The van der Waals surface area contributed by atoms with Crippen LogP contribution in [0.3, 0.4) is 0 Å². The molecule has 3 N–H and O–H groups in total. The largest absolute Gasteiger partial charge is 0.384 e. The number of aromatic nitrogens is 1. The van der Waals surface area contributed by atoms with Gasteiger partial charge in [-0.1, -0.05) is 22.0 Å². The second-order valence-electron chi connectivity index (χ2n) is 3.70.